The Hall–Kier alpha value is -2.87. The predicted octanol–water partition coefficient (Wildman–Crippen LogP) is 5.23. The number of carbonyl (C=O) groups is 1. The van der Waals surface area contributed by atoms with Gasteiger partial charge in [-0.15, -0.1) is 0 Å². The molecule has 1 amide bonds. The summed E-state index contributed by atoms with van der Waals surface area (Å²) in [4.78, 5) is 13.2. The van der Waals surface area contributed by atoms with E-state index in [4.69, 9.17) is 0 Å². The second kappa shape index (κ2) is 5.84. The number of carbonyl (C=O) groups excluding carboxylic acids is 1. The lowest BCUT2D eigenvalue weighted by molar-refractivity contribution is -0.121. The van der Waals surface area contributed by atoms with E-state index in [0.717, 1.165) is 17.7 Å². The molecule has 0 heterocycles. The first kappa shape index (κ1) is 15.4. The van der Waals surface area contributed by atoms with E-state index in [9.17, 15) is 4.79 Å². The summed E-state index contributed by atoms with van der Waals surface area (Å²) in [5, 5.41) is 3.16. The molecule has 0 spiro atoms. The van der Waals surface area contributed by atoms with Crippen LogP contribution in [0.2, 0.25) is 0 Å². The van der Waals surface area contributed by atoms with Crippen LogP contribution in [-0.4, -0.2) is 5.91 Å². The van der Waals surface area contributed by atoms with E-state index in [1.165, 1.54) is 22.3 Å². The first-order valence-electron chi connectivity index (χ1n) is 9.27. The smallest absolute Gasteiger partial charge is 0.228 e. The van der Waals surface area contributed by atoms with E-state index in [1.807, 2.05) is 31.2 Å². The molecule has 0 radical (unpaired) electrons. The van der Waals surface area contributed by atoms with E-state index < -0.39 is 0 Å². The Morgan fingerprint density at radius 1 is 0.846 bits per heavy atom. The van der Waals surface area contributed by atoms with Crippen molar-refractivity contribution >= 4 is 11.6 Å². The van der Waals surface area contributed by atoms with Crippen molar-refractivity contribution in [2.45, 2.75) is 25.2 Å². The molecular weight excluding hydrogens is 318 g/mol. The van der Waals surface area contributed by atoms with Crippen LogP contribution in [-0.2, 0) is 4.79 Å². The second-order valence-electron chi connectivity index (χ2n) is 7.49. The van der Waals surface area contributed by atoms with Crippen molar-refractivity contribution in [2.24, 2.45) is 5.92 Å². The van der Waals surface area contributed by atoms with Gasteiger partial charge in [0.1, 0.15) is 0 Å². The van der Waals surface area contributed by atoms with Gasteiger partial charge in [-0.3, -0.25) is 4.79 Å². The second-order valence-corrected chi connectivity index (χ2v) is 7.49. The van der Waals surface area contributed by atoms with Crippen LogP contribution in [0.4, 0.5) is 5.69 Å². The molecule has 1 unspecified atom stereocenters. The van der Waals surface area contributed by atoms with Gasteiger partial charge in [0.15, 0.2) is 0 Å². The number of hydrogen-bond acceptors (Lipinski definition) is 1. The summed E-state index contributed by atoms with van der Waals surface area (Å²) in [6.07, 6.45) is 0.885. The van der Waals surface area contributed by atoms with Gasteiger partial charge in [-0.25, -0.2) is 0 Å². The van der Waals surface area contributed by atoms with Crippen LogP contribution in [0.15, 0.2) is 72.8 Å². The Kier molecular flexibility index (Phi) is 3.46. The van der Waals surface area contributed by atoms with Crippen molar-refractivity contribution in [3.8, 4) is 0 Å². The number of hydrogen-bond donors (Lipinski definition) is 1. The topological polar surface area (TPSA) is 29.1 Å². The third-order valence-corrected chi connectivity index (χ3v) is 5.93. The molecule has 0 saturated heterocycles. The molecule has 2 nitrogen and oxygen atoms in total. The molecule has 6 rings (SSSR count). The van der Waals surface area contributed by atoms with Gasteiger partial charge in [0.25, 0.3) is 0 Å². The molecule has 3 aliphatic carbocycles. The summed E-state index contributed by atoms with van der Waals surface area (Å²) >= 11 is 0. The van der Waals surface area contributed by atoms with E-state index in [0.29, 0.717) is 5.92 Å². The summed E-state index contributed by atoms with van der Waals surface area (Å²) < 4.78 is 0. The van der Waals surface area contributed by atoms with Crippen molar-refractivity contribution in [1.82, 2.24) is 0 Å². The maximum absolute atomic E-state index is 13.2. The number of amides is 1. The van der Waals surface area contributed by atoms with Crippen LogP contribution in [0.25, 0.3) is 0 Å². The zero-order chi connectivity index (χ0) is 17.7. The van der Waals surface area contributed by atoms with Crippen molar-refractivity contribution in [1.29, 1.82) is 0 Å². The zero-order valence-corrected chi connectivity index (χ0v) is 14.8. The van der Waals surface area contributed by atoms with Gasteiger partial charge in [-0.05, 0) is 53.3 Å². The van der Waals surface area contributed by atoms with Crippen LogP contribution >= 0.6 is 0 Å². The summed E-state index contributed by atoms with van der Waals surface area (Å²) in [5.41, 5.74) is 7.49. The van der Waals surface area contributed by atoms with Gasteiger partial charge in [-0.2, -0.15) is 0 Å². The van der Waals surface area contributed by atoms with E-state index in [-0.39, 0.29) is 17.7 Å². The standard InChI is InChI=1S/C24H21NO/c1-15-7-6-8-16(13-15)25-24(26)22-14-21-17-9-2-4-11-19(17)23(22)20-12-5-3-10-18(20)21/h2-13,21-23H,14H2,1H3,(H,25,26). The molecule has 3 aliphatic rings. The highest BCUT2D eigenvalue weighted by molar-refractivity contribution is 5.94. The molecule has 1 atom stereocenters. The van der Waals surface area contributed by atoms with Crippen LogP contribution in [0.3, 0.4) is 0 Å². The number of fused-ring (bicyclic) bond motifs is 1. The number of benzene rings is 3. The third-order valence-electron chi connectivity index (χ3n) is 5.93. The minimum atomic E-state index is -0.0229. The van der Waals surface area contributed by atoms with Crippen LogP contribution in [0, 0.1) is 12.8 Å². The maximum Gasteiger partial charge on any atom is 0.228 e. The largest absolute Gasteiger partial charge is 0.326 e. The normalized spacial score (nSPS) is 22.4. The molecular formula is C24H21NO. The van der Waals surface area contributed by atoms with Gasteiger partial charge in [-0.1, -0.05) is 60.7 Å². The molecule has 0 aliphatic heterocycles. The zero-order valence-electron chi connectivity index (χ0n) is 14.8. The molecule has 128 valence electrons. The minimum Gasteiger partial charge on any atom is -0.326 e. The fourth-order valence-electron chi connectivity index (χ4n) is 4.85. The molecule has 3 aromatic carbocycles. The van der Waals surface area contributed by atoms with Gasteiger partial charge >= 0.3 is 0 Å². The van der Waals surface area contributed by atoms with Crippen molar-refractivity contribution in [3.05, 3.63) is 101 Å². The van der Waals surface area contributed by atoms with Gasteiger partial charge in [0.2, 0.25) is 5.91 Å². The fourth-order valence-corrected chi connectivity index (χ4v) is 4.85. The van der Waals surface area contributed by atoms with Crippen LogP contribution in [0.5, 0.6) is 0 Å². The van der Waals surface area contributed by atoms with E-state index in [2.05, 4.69) is 53.8 Å². The fraction of sp³-hybridized carbons (Fsp3) is 0.208. The number of aryl methyl sites for hydroxylation is 1. The van der Waals surface area contributed by atoms with Gasteiger partial charge in [0, 0.05) is 17.5 Å². The Morgan fingerprint density at radius 3 is 2.08 bits per heavy atom. The number of rotatable bonds is 2. The highest BCUT2D eigenvalue weighted by atomic mass is 16.1. The molecule has 2 heteroatoms. The molecule has 2 bridgehead atoms. The SMILES string of the molecule is Cc1cccc(NC(=O)C2CC3c4ccccc4C2c2ccccc23)c1. The third kappa shape index (κ3) is 2.29. The Bertz CT molecular complexity index is 959. The first-order chi connectivity index (χ1) is 12.7. The van der Waals surface area contributed by atoms with Crippen molar-refractivity contribution in [2.75, 3.05) is 5.32 Å². The average Bonchev–Trinajstić information content (AvgIpc) is 2.68. The minimum absolute atomic E-state index is 0.0229. The molecule has 0 aromatic heterocycles. The Morgan fingerprint density at radius 2 is 1.46 bits per heavy atom. The van der Waals surface area contributed by atoms with Gasteiger partial charge in [0.05, 0.1) is 5.92 Å². The molecule has 26 heavy (non-hydrogen) atoms. The van der Waals surface area contributed by atoms with E-state index >= 15 is 0 Å². The molecule has 1 N–H and O–H groups in total. The Labute approximate surface area is 153 Å². The summed E-state index contributed by atoms with van der Waals surface area (Å²) in [6, 6.07) is 25.3. The summed E-state index contributed by atoms with van der Waals surface area (Å²) in [6.45, 7) is 2.05. The Balaban J connectivity index is 1.55. The first-order valence-corrected chi connectivity index (χ1v) is 9.27. The quantitative estimate of drug-likeness (QED) is 0.680. The van der Waals surface area contributed by atoms with Crippen molar-refractivity contribution < 1.29 is 4.79 Å². The number of nitrogens with one attached hydrogen (secondary N) is 1. The molecule has 0 saturated carbocycles. The summed E-state index contributed by atoms with van der Waals surface area (Å²) in [5.74, 6) is 0.581. The highest BCUT2D eigenvalue weighted by Gasteiger charge is 2.45. The van der Waals surface area contributed by atoms with Crippen molar-refractivity contribution in [3.63, 3.8) is 0 Å². The maximum atomic E-state index is 13.2. The lowest BCUT2D eigenvalue weighted by Crippen LogP contribution is -2.38. The average molecular weight is 339 g/mol. The van der Waals surface area contributed by atoms with Crippen LogP contribution in [0.1, 0.15) is 46.1 Å². The number of anilines is 1. The predicted molar refractivity (Wildman–Crippen MR) is 104 cm³/mol. The highest BCUT2D eigenvalue weighted by Crippen LogP contribution is 2.55. The molecule has 0 fully saturated rings. The molecule has 3 aromatic rings. The van der Waals surface area contributed by atoms with E-state index in [1.54, 1.807) is 0 Å². The van der Waals surface area contributed by atoms with Gasteiger partial charge < -0.3 is 5.32 Å². The lowest BCUT2D eigenvalue weighted by atomic mass is 9.59. The van der Waals surface area contributed by atoms with Crippen LogP contribution < -0.4 is 5.32 Å². The summed E-state index contributed by atoms with van der Waals surface area (Å²) in [7, 11) is 0. The lowest BCUT2D eigenvalue weighted by Gasteiger charge is -2.44. The monoisotopic (exact) mass is 339 g/mol.